The predicted molar refractivity (Wildman–Crippen MR) is 53.9 cm³/mol. The number of aliphatic hydroxyl groups is 1. The average Bonchev–Trinajstić information content (AvgIpc) is 2.16. The van der Waals surface area contributed by atoms with Crippen molar-refractivity contribution in [1.29, 1.82) is 0 Å². The van der Waals surface area contributed by atoms with Gasteiger partial charge in [0.1, 0.15) is 0 Å². The smallest absolute Gasteiger partial charge is 0.0690 e. The van der Waals surface area contributed by atoms with Crippen LogP contribution in [0.25, 0.3) is 0 Å². The minimum atomic E-state index is 0.146. The molecule has 0 aromatic heterocycles. The molecule has 4 fully saturated rings. The van der Waals surface area contributed by atoms with Gasteiger partial charge in [-0.25, -0.2) is 0 Å². The van der Waals surface area contributed by atoms with Gasteiger partial charge in [0.05, 0.1) is 5.60 Å². The Morgan fingerprint density at radius 3 is 2.36 bits per heavy atom. The zero-order valence-electron chi connectivity index (χ0n) is 8.96. The number of hydrogen-bond donors (Lipinski definition) is 1. The van der Waals surface area contributed by atoms with E-state index in [1.165, 1.54) is 32.1 Å². The van der Waals surface area contributed by atoms with Gasteiger partial charge in [-0.3, -0.25) is 0 Å². The molecule has 0 amide bonds. The maximum Gasteiger partial charge on any atom is 0.0690 e. The summed E-state index contributed by atoms with van der Waals surface area (Å²) in [5.41, 5.74) is 0.382. The summed E-state index contributed by atoms with van der Waals surface area (Å²) in [4.78, 5) is 0. The lowest BCUT2D eigenvalue weighted by molar-refractivity contribution is -0.189. The Morgan fingerprint density at radius 1 is 1.21 bits per heavy atom. The molecule has 0 unspecified atom stereocenters. The van der Waals surface area contributed by atoms with E-state index in [0.717, 1.165) is 18.3 Å². The molecule has 1 N–H and O–H groups in total. The first-order valence-electron chi connectivity index (χ1n) is 5.85. The third-order valence-electron chi connectivity index (χ3n) is 4.90. The molecule has 0 aromatic rings. The first kappa shape index (κ1) is 9.17. The van der Waals surface area contributed by atoms with Crippen LogP contribution in [0, 0.1) is 17.3 Å². The molecule has 2 atom stereocenters. The van der Waals surface area contributed by atoms with Gasteiger partial charge in [0, 0.05) is 13.7 Å². The summed E-state index contributed by atoms with van der Waals surface area (Å²) in [5.74, 6) is 1.67. The minimum Gasteiger partial charge on any atom is -0.396 e. The molecule has 14 heavy (non-hydrogen) atoms. The van der Waals surface area contributed by atoms with Crippen LogP contribution >= 0.6 is 0 Å². The molecular formula is C12H20O2. The summed E-state index contributed by atoms with van der Waals surface area (Å²) < 4.78 is 5.77. The Morgan fingerprint density at radius 2 is 1.86 bits per heavy atom. The monoisotopic (exact) mass is 196 g/mol. The lowest BCUT2D eigenvalue weighted by atomic mass is 9.48. The summed E-state index contributed by atoms with van der Waals surface area (Å²) in [6.45, 7) is 0.380. The molecule has 0 radical (unpaired) electrons. The molecule has 2 nitrogen and oxygen atoms in total. The zero-order valence-corrected chi connectivity index (χ0v) is 8.96. The molecule has 80 valence electrons. The zero-order chi connectivity index (χ0) is 9.81. The largest absolute Gasteiger partial charge is 0.396 e. The Bertz CT molecular complexity index is 213. The van der Waals surface area contributed by atoms with E-state index in [9.17, 15) is 5.11 Å². The molecule has 0 aromatic carbocycles. The van der Waals surface area contributed by atoms with Crippen molar-refractivity contribution in [2.45, 2.75) is 44.1 Å². The van der Waals surface area contributed by atoms with E-state index in [-0.39, 0.29) is 11.0 Å². The van der Waals surface area contributed by atoms with E-state index in [1.807, 2.05) is 7.11 Å². The van der Waals surface area contributed by atoms with Crippen LogP contribution in [0.1, 0.15) is 38.5 Å². The lowest BCUT2D eigenvalue weighted by Crippen LogP contribution is -2.57. The highest BCUT2D eigenvalue weighted by Gasteiger charge is 2.57. The van der Waals surface area contributed by atoms with E-state index < -0.39 is 0 Å². The number of aliphatic hydroxyl groups excluding tert-OH is 1. The molecular weight excluding hydrogens is 176 g/mol. The quantitative estimate of drug-likeness (QED) is 0.731. The van der Waals surface area contributed by atoms with E-state index in [0.29, 0.717) is 6.61 Å². The third-order valence-corrected chi connectivity index (χ3v) is 4.90. The average molecular weight is 196 g/mol. The third kappa shape index (κ3) is 1.10. The summed E-state index contributed by atoms with van der Waals surface area (Å²) in [6, 6.07) is 0. The predicted octanol–water partition coefficient (Wildman–Crippen LogP) is 1.96. The van der Waals surface area contributed by atoms with Crippen molar-refractivity contribution in [2.75, 3.05) is 13.7 Å². The summed E-state index contributed by atoms with van der Waals surface area (Å²) in [5, 5.41) is 9.59. The Labute approximate surface area is 85.6 Å². The first-order valence-corrected chi connectivity index (χ1v) is 5.85. The van der Waals surface area contributed by atoms with Crippen molar-refractivity contribution in [1.82, 2.24) is 0 Å². The van der Waals surface area contributed by atoms with Crippen molar-refractivity contribution >= 4 is 0 Å². The van der Waals surface area contributed by atoms with Gasteiger partial charge in [0.25, 0.3) is 0 Å². The molecule has 0 spiro atoms. The second-order valence-electron chi connectivity index (χ2n) is 6.01. The highest BCUT2D eigenvalue weighted by molar-refractivity contribution is 5.08. The van der Waals surface area contributed by atoms with Crippen molar-refractivity contribution in [3.63, 3.8) is 0 Å². The molecule has 2 heteroatoms. The van der Waals surface area contributed by atoms with Crippen LogP contribution in [-0.4, -0.2) is 24.4 Å². The highest BCUT2D eigenvalue weighted by atomic mass is 16.5. The number of ether oxygens (including phenoxy) is 1. The van der Waals surface area contributed by atoms with Crippen LogP contribution in [0.3, 0.4) is 0 Å². The van der Waals surface area contributed by atoms with Gasteiger partial charge in [-0.2, -0.15) is 0 Å². The fourth-order valence-corrected chi connectivity index (χ4v) is 4.79. The van der Waals surface area contributed by atoms with Gasteiger partial charge in [-0.15, -0.1) is 0 Å². The van der Waals surface area contributed by atoms with Gasteiger partial charge in [0.15, 0.2) is 0 Å². The van der Waals surface area contributed by atoms with Gasteiger partial charge in [0.2, 0.25) is 0 Å². The maximum atomic E-state index is 9.59. The van der Waals surface area contributed by atoms with Crippen LogP contribution < -0.4 is 0 Å². The molecule has 4 rings (SSSR count). The molecule has 4 aliphatic carbocycles. The molecule has 0 aliphatic heterocycles. The van der Waals surface area contributed by atoms with Crippen LogP contribution in [0.4, 0.5) is 0 Å². The summed E-state index contributed by atoms with van der Waals surface area (Å²) in [7, 11) is 1.86. The fraction of sp³-hybridized carbons (Fsp3) is 1.00. The lowest BCUT2D eigenvalue weighted by Gasteiger charge is -2.61. The molecule has 4 bridgehead atoms. The van der Waals surface area contributed by atoms with Crippen LogP contribution in [0.15, 0.2) is 0 Å². The second-order valence-corrected chi connectivity index (χ2v) is 6.01. The fourth-order valence-electron chi connectivity index (χ4n) is 4.79. The minimum absolute atomic E-state index is 0.146. The normalized spacial score (nSPS) is 55.3. The van der Waals surface area contributed by atoms with Crippen LogP contribution in [0.5, 0.6) is 0 Å². The van der Waals surface area contributed by atoms with Gasteiger partial charge >= 0.3 is 0 Å². The first-order chi connectivity index (χ1) is 6.69. The van der Waals surface area contributed by atoms with Gasteiger partial charge in [-0.05, 0) is 55.8 Å². The SMILES string of the molecule is COC12C[C@@H]3C[C@H](CC(CO)(C3)C1)C2. The summed E-state index contributed by atoms with van der Waals surface area (Å²) in [6.07, 6.45) is 7.52. The van der Waals surface area contributed by atoms with Gasteiger partial charge < -0.3 is 9.84 Å². The summed E-state index contributed by atoms with van der Waals surface area (Å²) >= 11 is 0. The van der Waals surface area contributed by atoms with Crippen LogP contribution in [0.2, 0.25) is 0 Å². The Balaban J connectivity index is 1.94. The molecule has 0 heterocycles. The standard InChI is InChI=1S/C12H20O2/c1-14-12-5-9-2-10(6-12)4-11(3-9,7-12)8-13/h9-10,13H,2-8H2,1H3/t9-,10-,11?,12?/m1/s1. The topological polar surface area (TPSA) is 29.5 Å². The Kier molecular flexibility index (Phi) is 1.79. The van der Waals surface area contributed by atoms with Crippen molar-refractivity contribution in [2.24, 2.45) is 17.3 Å². The molecule has 4 aliphatic rings. The second kappa shape index (κ2) is 2.73. The molecule has 4 saturated carbocycles. The number of methoxy groups -OCH3 is 1. The van der Waals surface area contributed by atoms with Crippen molar-refractivity contribution in [3.05, 3.63) is 0 Å². The number of hydrogen-bond acceptors (Lipinski definition) is 2. The van der Waals surface area contributed by atoms with E-state index in [2.05, 4.69) is 0 Å². The highest BCUT2D eigenvalue weighted by Crippen LogP contribution is 2.62. The Hall–Kier alpha value is -0.0800. The van der Waals surface area contributed by atoms with E-state index >= 15 is 0 Å². The van der Waals surface area contributed by atoms with E-state index in [4.69, 9.17) is 4.74 Å². The van der Waals surface area contributed by atoms with Gasteiger partial charge in [-0.1, -0.05) is 0 Å². The van der Waals surface area contributed by atoms with E-state index in [1.54, 1.807) is 0 Å². The van der Waals surface area contributed by atoms with Crippen LogP contribution in [-0.2, 0) is 4.74 Å². The van der Waals surface area contributed by atoms with Crippen molar-refractivity contribution in [3.8, 4) is 0 Å². The molecule has 0 saturated heterocycles. The number of rotatable bonds is 2. The maximum absolute atomic E-state index is 9.59. The van der Waals surface area contributed by atoms with Crippen molar-refractivity contribution < 1.29 is 9.84 Å².